The zero-order valence-corrected chi connectivity index (χ0v) is 15.1. The Balaban J connectivity index is 2.83. The average Bonchev–Trinajstić information content (AvgIpc) is 2.30. The van der Waals surface area contributed by atoms with Crippen molar-refractivity contribution in [3.63, 3.8) is 0 Å². The van der Waals surface area contributed by atoms with E-state index in [2.05, 4.69) is 42.4 Å². The lowest BCUT2D eigenvalue weighted by Gasteiger charge is -2.08. The van der Waals surface area contributed by atoms with Gasteiger partial charge in [0, 0.05) is 16.5 Å². The number of ketones is 1. The van der Waals surface area contributed by atoms with Crippen LogP contribution in [0.25, 0.3) is 0 Å². The van der Waals surface area contributed by atoms with Crippen LogP contribution in [0, 0.1) is 6.92 Å². The number of alkyl halides is 2. The molecule has 104 valence electrons. The Morgan fingerprint density at radius 2 is 2.05 bits per heavy atom. The topological polar surface area (TPSA) is 41.5 Å². The molecule has 0 unspecified atom stereocenters. The second-order valence-corrected chi connectivity index (χ2v) is 8.23. The molecule has 0 aliphatic heterocycles. The minimum atomic E-state index is -0.293. The van der Waals surface area contributed by atoms with Gasteiger partial charge in [0.1, 0.15) is 0 Å². The fraction of sp³-hybridized carbons (Fsp3) is 0.273. The summed E-state index contributed by atoms with van der Waals surface area (Å²) in [5.41, 5.74) is 4.05. The third kappa shape index (κ3) is 5.60. The largest absolute Gasteiger partial charge is 0.291 e. The molecule has 0 bridgehead atoms. The van der Waals surface area contributed by atoms with E-state index in [1.807, 2.05) is 0 Å². The molecule has 1 aromatic carbocycles. The monoisotopic (exact) mass is 448 g/mol. The maximum absolute atomic E-state index is 11.6. The first kappa shape index (κ1) is 17.2. The van der Waals surface area contributed by atoms with E-state index in [0.29, 0.717) is 15.7 Å². The summed E-state index contributed by atoms with van der Waals surface area (Å²) >= 11 is 24.0. The van der Waals surface area contributed by atoms with Crippen LogP contribution in [0.15, 0.2) is 17.2 Å². The molecule has 1 N–H and O–H groups in total. The summed E-state index contributed by atoms with van der Waals surface area (Å²) in [5, 5.41) is 4.65. The van der Waals surface area contributed by atoms with E-state index in [0.717, 1.165) is 5.56 Å². The van der Waals surface area contributed by atoms with Crippen molar-refractivity contribution in [3.8, 4) is 0 Å². The van der Waals surface area contributed by atoms with Gasteiger partial charge in [0.15, 0.2) is 11.0 Å². The van der Waals surface area contributed by atoms with Gasteiger partial charge in [0.05, 0.1) is 9.42 Å². The summed E-state index contributed by atoms with van der Waals surface area (Å²) in [4.78, 5) is 11.6. The van der Waals surface area contributed by atoms with Gasteiger partial charge >= 0.3 is 0 Å². The highest BCUT2D eigenvalue weighted by Crippen LogP contribution is 2.28. The van der Waals surface area contributed by atoms with Crippen molar-refractivity contribution in [3.05, 3.63) is 27.7 Å². The molecular weight excluding hydrogens is 442 g/mol. The van der Waals surface area contributed by atoms with Crippen molar-refractivity contribution in [1.29, 1.82) is 0 Å². The fourth-order valence-electron chi connectivity index (χ4n) is 1.16. The van der Waals surface area contributed by atoms with Crippen LogP contribution in [-0.2, 0) is 4.79 Å². The van der Waals surface area contributed by atoms with Crippen molar-refractivity contribution in [1.82, 2.24) is 0 Å². The number of nitrogens with zero attached hydrogens (tertiary/aromatic N) is 1. The number of hydrogen-bond donors (Lipinski definition) is 1. The number of nitrogens with one attached hydrogen (secondary N) is 1. The summed E-state index contributed by atoms with van der Waals surface area (Å²) in [5.74, 6) is -0.293. The maximum Gasteiger partial charge on any atom is 0.196 e. The molecule has 0 atom stereocenters. The number of rotatable bonds is 5. The number of hydrazone groups is 1. The second kappa shape index (κ2) is 7.84. The molecule has 1 rings (SSSR count). The van der Waals surface area contributed by atoms with Crippen LogP contribution in [-0.4, -0.2) is 14.7 Å². The minimum Gasteiger partial charge on any atom is -0.291 e. The third-order valence-electron chi connectivity index (χ3n) is 2.15. The van der Waals surface area contributed by atoms with Crippen LogP contribution >= 0.6 is 66.7 Å². The standard InChI is InChI=1S/C11H9Br2Cl3N2O/c1-5-7(15)2-6(14)3-8(5)17-18-11(16)9(19)4-10(12)13/h2-3,10,17H,4H2,1H3. The van der Waals surface area contributed by atoms with Crippen LogP contribution in [0.4, 0.5) is 5.69 Å². The number of carbonyl (C=O) groups is 1. The van der Waals surface area contributed by atoms with Gasteiger partial charge in [0.2, 0.25) is 0 Å². The van der Waals surface area contributed by atoms with E-state index < -0.39 is 0 Å². The molecule has 0 aliphatic rings. The molecule has 0 spiro atoms. The lowest BCUT2D eigenvalue weighted by molar-refractivity contribution is -0.112. The molecule has 0 aromatic heterocycles. The second-order valence-electron chi connectivity index (χ2n) is 3.59. The molecule has 19 heavy (non-hydrogen) atoms. The quantitative estimate of drug-likeness (QED) is 0.373. The minimum absolute atomic E-state index is 0.139. The van der Waals surface area contributed by atoms with Gasteiger partial charge in [-0.2, -0.15) is 5.10 Å². The van der Waals surface area contributed by atoms with Crippen molar-refractivity contribution in [2.45, 2.75) is 17.1 Å². The smallest absolute Gasteiger partial charge is 0.196 e. The highest BCUT2D eigenvalue weighted by molar-refractivity contribution is 9.24. The van der Waals surface area contributed by atoms with Crippen molar-refractivity contribution < 1.29 is 4.79 Å². The Morgan fingerprint density at radius 1 is 1.42 bits per heavy atom. The van der Waals surface area contributed by atoms with Gasteiger partial charge in [-0.05, 0) is 24.6 Å². The Kier molecular flexibility index (Phi) is 7.11. The first-order valence-electron chi connectivity index (χ1n) is 5.07. The zero-order valence-electron chi connectivity index (χ0n) is 9.68. The number of anilines is 1. The average molecular weight is 451 g/mol. The molecular formula is C11H9Br2Cl3N2O. The van der Waals surface area contributed by atoms with Crippen molar-refractivity contribution in [2.75, 3.05) is 5.43 Å². The molecule has 3 nitrogen and oxygen atoms in total. The Morgan fingerprint density at radius 3 is 2.63 bits per heavy atom. The van der Waals surface area contributed by atoms with Crippen LogP contribution in [0.5, 0.6) is 0 Å². The van der Waals surface area contributed by atoms with Crippen LogP contribution < -0.4 is 5.43 Å². The molecule has 8 heteroatoms. The number of benzene rings is 1. The van der Waals surface area contributed by atoms with E-state index in [9.17, 15) is 4.79 Å². The summed E-state index contributed by atoms with van der Waals surface area (Å²) in [6.07, 6.45) is 0.194. The SMILES string of the molecule is Cc1c(Cl)cc(Cl)cc1NN=C(Cl)C(=O)CC(Br)Br. The molecule has 0 amide bonds. The predicted octanol–water partition coefficient (Wildman–Crippen LogP) is 5.34. The molecule has 0 saturated heterocycles. The van der Waals surface area contributed by atoms with Gasteiger partial charge in [-0.1, -0.05) is 66.7 Å². The first-order chi connectivity index (χ1) is 8.81. The van der Waals surface area contributed by atoms with Crippen LogP contribution in [0.1, 0.15) is 12.0 Å². The zero-order chi connectivity index (χ0) is 14.6. The molecule has 1 aromatic rings. The number of Topliss-reactive ketones (excluding diaryl/α,β-unsaturated/α-hetero) is 1. The van der Waals surface area contributed by atoms with E-state index in [-0.39, 0.29) is 21.1 Å². The normalized spacial score (nSPS) is 11.8. The Labute approximate surface area is 142 Å². The predicted molar refractivity (Wildman–Crippen MR) is 89.4 cm³/mol. The number of hydrogen-bond acceptors (Lipinski definition) is 3. The van der Waals surface area contributed by atoms with E-state index in [1.54, 1.807) is 19.1 Å². The Bertz CT molecular complexity index is 521. The molecule has 0 aliphatic carbocycles. The van der Waals surface area contributed by atoms with Gasteiger partial charge in [0.25, 0.3) is 0 Å². The molecule has 0 fully saturated rings. The van der Waals surface area contributed by atoms with Gasteiger partial charge < -0.3 is 0 Å². The lowest BCUT2D eigenvalue weighted by atomic mass is 10.2. The van der Waals surface area contributed by atoms with E-state index >= 15 is 0 Å². The summed E-state index contributed by atoms with van der Waals surface area (Å²) in [7, 11) is 0. The number of halogens is 5. The van der Waals surface area contributed by atoms with Crippen molar-refractivity contribution in [2.24, 2.45) is 5.10 Å². The molecule has 0 heterocycles. The van der Waals surface area contributed by atoms with Crippen LogP contribution in [0.2, 0.25) is 10.0 Å². The van der Waals surface area contributed by atoms with E-state index in [4.69, 9.17) is 34.8 Å². The molecule has 0 radical (unpaired) electrons. The third-order valence-corrected chi connectivity index (χ3v) is 3.71. The lowest BCUT2D eigenvalue weighted by Crippen LogP contribution is -2.12. The summed E-state index contributed by atoms with van der Waals surface area (Å²) in [6, 6.07) is 3.28. The molecule has 0 saturated carbocycles. The van der Waals surface area contributed by atoms with Gasteiger partial charge in [-0.25, -0.2) is 0 Å². The highest BCUT2D eigenvalue weighted by Gasteiger charge is 2.13. The Hall–Kier alpha value is 0.190. The fourth-order valence-corrected chi connectivity index (χ4v) is 2.36. The highest BCUT2D eigenvalue weighted by atomic mass is 79.9. The summed E-state index contributed by atoms with van der Waals surface area (Å²) in [6.45, 7) is 1.80. The first-order valence-corrected chi connectivity index (χ1v) is 8.04. The van der Waals surface area contributed by atoms with Gasteiger partial charge in [-0.3, -0.25) is 10.2 Å². The maximum atomic E-state index is 11.6. The number of carbonyl (C=O) groups excluding carboxylic acids is 1. The van der Waals surface area contributed by atoms with Gasteiger partial charge in [-0.15, -0.1) is 0 Å². The summed E-state index contributed by atoms with van der Waals surface area (Å²) < 4.78 is -0.140. The van der Waals surface area contributed by atoms with Crippen LogP contribution in [0.3, 0.4) is 0 Å². The van der Waals surface area contributed by atoms with Crippen molar-refractivity contribution >= 4 is 83.3 Å². The van der Waals surface area contributed by atoms with E-state index in [1.165, 1.54) is 0 Å².